The van der Waals surface area contributed by atoms with E-state index in [2.05, 4.69) is 13.8 Å². The molecule has 0 N–H and O–H groups in total. The molecule has 0 fully saturated rings. The van der Waals surface area contributed by atoms with Gasteiger partial charge in [-0.2, -0.15) is 0 Å². The van der Waals surface area contributed by atoms with Crippen LogP contribution in [0.3, 0.4) is 0 Å². The SMILES string of the molecule is CCCCCCCCCCCCCCCCCCCCCCCCCCCC(=O)OCC(C)(C)COC(=O)CCCCCCCCCCCCCCCCCCCCCCC. The van der Waals surface area contributed by atoms with Gasteiger partial charge in [0.1, 0.15) is 0 Å². The number of unbranched alkanes of at least 4 members (excludes halogenated alkanes) is 44. The molecule has 61 heavy (non-hydrogen) atoms. The first-order valence-electron chi connectivity index (χ1n) is 28.2. The van der Waals surface area contributed by atoms with E-state index in [4.69, 9.17) is 9.47 Å². The highest BCUT2D eigenvalue weighted by atomic mass is 16.5. The molecular formula is C57H112O4. The van der Waals surface area contributed by atoms with Crippen molar-refractivity contribution in [1.82, 2.24) is 0 Å². The van der Waals surface area contributed by atoms with Crippen LogP contribution in [0.1, 0.15) is 336 Å². The summed E-state index contributed by atoms with van der Waals surface area (Å²) in [6.07, 6.45) is 64.2. The van der Waals surface area contributed by atoms with E-state index in [9.17, 15) is 9.59 Å². The maximum atomic E-state index is 12.3. The Morgan fingerprint density at radius 3 is 0.574 bits per heavy atom. The number of rotatable bonds is 52. The predicted molar refractivity (Wildman–Crippen MR) is 269 cm³/mol. The van der Waals surface area contributed by atoms with Gasteiger partial charge in [-0.1, -0.05) is 310 Å². The summed E-state index contributed by atoms with van der Waals surface area (Å²) in [6, 6.07) is 0. The smallest absolute Gasteiger partial charge is 0.305 e. The van der Waals surface area contributed by atoms with Gasteiger partial charge in [0.25, 0.3) is 0 Å². The molecule has 0 aliphatic heterocycles. The lowest BCUT2D eigenvalue weighted by Crippen LogP contribution is -2.28. The second-order valence-electron chi connectivity index (χ2n) is 20.5. The van der Waals surface area contributed by atoms with Crippen molar-refractivity contribution in [1.29, 1.82) is 0 Å². The van der Waals surface area contributed by atoms with E-state index in [0.717, 1.165) is 25.7 Å². The minimum Gasteiger partial charge on any atom is -0.465 e. The molecule has 0 amide bonds. The number of ether oxygens (including phenoxy) is 2. The number of esters is 2. The number of hydrogen-bond donors (Lipinski definition) is 0. The van der Waals surface area contributed by atoms with Crippen molar-refractivity contribution in [2.45, 2.75) is 336 Å². The first kappa shape index (κ1) is 59.9. The van der Waals surface area contributed by atoms with Crippen LogP contribution in [0.15, 0.2) is 0 Å². The molecular weight excluding hydrogens is 749 g/mol. The van der Waals surface area contributed by atoms with Crippen LogP contribution < -0.4 is 0 Å². The topological polar surface area (TPSA) is 52.6 Å². The Kier molecular flexibility index (Phi) is 49.1. The molecule has 364 valence electrons. The Bertz CT molecular complexity index is 867. The lowest BCUT2D eigenvalue weighted by Gasteiger charge is -2.23. The van der Waals surface area contributed by atoms with Gasteiger partial charge in [0.05, 0.1) is 13.2 Å². The number of carbonyl (C=O) groups is 2. The monoisotopic (exact) mass is 861 g/mol. The van der Waals surface area contributed by atoms with E-state index < -0.39 is 0 Å². The summed E-state index contributed by atoms with van der Waals surface area (Å²) in [7, 11) is 0. The lowest BCUT2D eigenvalue weighted by atomic mass is 9.96. The van der Waals surface area contributed by atoms with Gasteiger partial charge in [-0.3, -0.25) is 9.59 Å². The summed E-state index contributed by atoms with van der Waals surface area (Å²) in [5.41, 5.74) is -0.357. The number of hydrogen-bond acceptors (Lipinski definition) is 4. The van der Waals surface area contributed by atoms with Crippen molar-refractivity contribution in [2.75, 3.05) is 13.2 Å². The third-order valence-corrected chi connectivity index (χ3v) is 13.2. The van der Waals surface area contributed by atoms with Crippen LogP contribution >= 0.6 is 0 Å². The van der Waals surface area contributed by atoms with Gasteiger partial charge >= 0.3 is 11.9 Å². The zero-order valence-electron chi connectivity index (χ0n) is 42.5. The van der Waals surface area contributed by atoms with Crippen molar-refractivity contribution in [3.05, 3.63) is 0 Å². The summed E-state index contributed by atoms with van der Waals surface area (Å²) < 4.78 is 11.1. The summed E-state index contributed by atoms with van der Waals surface area (Å²) >= 11 is 0. The predicted octanol–water partition coefficient (Wildman–Crippen LogP) is 19.9. The van der Waals surface area contributed by atoms with Gasteiger partial charge in [0.2, 0.25) is 0 Å². The molecule has 0 saturated carbocycles. The van der Waals surface area contributed by atoms with Gasteiger partial charge in [0, 0.05) is 18.3 Å². The normalized spacial score (nSPS) is 11.7. The van der Waals surface area contributed by atoms with Gasteiger partial charge in [-0.05, 0) is 12.8 Å². The molecule has 0 aromatic heterocycles. The lowest BCUT2D eigenvalue weighted by molar-refractivity contribution is -0.152. The van der Waals surface area contributed by atoms with Crippen molar-refractivity contribution >= 4 is 11.9 Å². The fraction of sp³-hybridized carbons (Fsp3) is 0.965. The molecule has 0 bridgehead atoms. The molecule has 0 saturated heterocycles. The maximum absolute atomic E-state index is 12.3. The average Bonchev–Trinajstić information content (AvgIpc) is 3.25. The highest BCUT2D eigenvalue weighted by molar-refractivity contribution is 5.69. The molecule has 0 aromatic rings. The maximum Gasteiger partial charge on any atom is 0.305 e. The van der Waals surface area contributed by atoms with Gasteiger partial charge in [-0.25, -0.2) is 0 Å². The Labute approximate surface area is 384 Å². The molecule has 0 aromatic carbocycles. The zero-order chi connectivity index (χ0) is 44.4. The van der Waals surface area contributed by atoms with E-state index >= 15 is 0 Å². The van der Waals surface area contributed by atoms with Crippen LogP contribution in [-0.4, -0.2) is 25.2 Å². The minimum atomic E-state index is -0.357. The van der Waals surface area contributed by atoms with Gasteiger partial charge < -0.3 is 9.47 Å². The first-order chi connectivity index (χ1) is 29.9. The van der Waals surface area contributed by atoms with Crippen molar-refractivity contribution in [2.24, 2.45) is 5.41 Å². The molecule has 0 radical (unpaired) electrons. The van der Waals surface area contributed by atoms with Crippen LogP contribution in [0.2, 0.25) is 0 Å². The summed E-state index contributed by atoms with van der Waals surface area (Å²) in [4.78, 5) is 24.7. The molecule has 0 rings (SSSR count). The molecule has 0 atom stereocenters. The second-order valence-corrected chi connectivity index (χ2v) is 20.5. The standard InChI is InChI=1S/C57H112O4/c1-5-7-9-11-13-15-17-19-21-23-25-27-28-29-30-32-34-36-38-40-42-44-46-48-50-52-56(59)61-54-57(3,4)53-60-55(58)51-49-47-45-43-41-39-37-35-33-31-26-24-22-20-18-16-14-12-10-8-6-2/h5-54H2,1-4H3. The van der Waals surface area contributed by atoms with Gasteiger partial charge in [-0.15, -0.1) is 0 Å². The quantitative estimate of drug-likeness (QED) is 0.0452. The summed E-state index contributed by atoms with van der Waals surface area (Å²) in [5.74, 6) is -0.235. The Balaban J connectivity index is 3.40. The van der Waals surface area contributed by atoms with E-state index in [1.54, 1.807) is 0 Å². The largest absolute Gasteiger partial charge is 0.465 e. The fourth-order valence-electron chi connectivity index (χ4n) is 8.85. The summed E-state index contributed by atoms with van der Waals surface area (Å²) in [5, 5.41) is 0. The molecule has 0 unspecified atom stereocenters. The van der Waals surface area contributed by atoms with Crippen LogP contribution in [0.5, 0.6) is 0 Å². The van der Waals surface area contributed by atoms with Crippen LogP contribution in [0.4, 0.5) is 0 Å². The van der Waals surface area contributed by atoms with Gasteiger partial charge in [0.15, 0.2) is 0 Å². The van der Waals surface area contributed by atoms with Crippen molar-refractivity contribution < 1.29 is 19.1 Å². The molecule has 0 spiro atoms. The summed E-state index contributed by atoms with van der Waals surface area (Å²) in [6.45, 7) is 9.22. The molecule has 4 heteroatoms. The molecule has 4 nitrogen and oxygen atoms in total. The number of carbonyl (C=O) groups excluding carboxylic acids is 2. The molecule has 0 heterocycles. The second kappa shape index (κ2) is 49.9. The van der Waals surface area contributed by atoms with Crippen LogP contribution in [0, 0.1) is 5.41 Å². The minimum absolute atomic E-state index is 0.118. The highest BCUT2D eigenvalue weighted by Gasteiger charge is 2.23. The Hall–Kier alpha value is -1.06. The van der Waals surface area contributed by atoms with E-state index in [1.165, 1.54) is 270 Å². The third-order valence-electron chi connectivity index (χ3n) is 13.2. The average molecular weight is 862 g/mol. The van der Waals surface area contributed by atoms with E-state index in [1.807, 2.05) is 13.8 Å². The Morgan fingerprint density at radius 1 is 0.262 bits per heavy atom. The fourth-order valence-corrected chi connectivity index (χ4v) is 8.85. The molecule has 0 aliphatic rings. The Morgan fingerprint density at radius 2 is 0.410 bits per heavy atom. The van der Waals surface area contributed by atoms with Crippen LogP contribution in [-0.2, 0) is 19.1 Å². The first-order valence-corrected chi connectivity index (χ1v) is 28.2. The third kappa shape index (κ3) is 51.5. The van der Waals surface area contributed by atoms with E-state index in [0.29, 0.717) is 26.1 Å². The zero-order valence-corrected chi connectivity index (χ0v) is 42.5. The van der Waals surface area contributed by atoms with E-state index in [-0.39, 0.29) is 17.4 Å². The highest BCUT2D eigenvalue weighted by Crippen LogP contribution is 2.20. The molecule has 0 aliphatic carbocycles. The van der Waals surface area contributed by atoms with Crippen LogP contribution in [0.25, 0.3) is 0 Å². The van der Waals surface area contributed by atoms with Crippen molar-refractivity contribution in [3.63, 3.8) is 0 Å². The van der Waals surface area contributed by atoms with Crippen molar-refractivity contribution in [3.8, 4) is 0 Å².